The summed E-state index contributed by atoms with van der Waals surface area (Å²) in [5.41, 5.74) is 8.80. The molecule has 2 aromatic carbocycles. The van der Waals surface area contributed by atoms with Crippen molar-refractivity contribution in [2.24, 2.45) is 5.73 Å². The van der Waals surface area contributed by atoms with Gasteiger partial charge in [-0.25, -0.2) is 0 Å². The summed E-state index contributed by atoms with van der Waals surface area (Å²) in [5.74, 6) is -0.196. The van der Waals surface area contributed by atoms with E-state index in [1.165, 1.54) is 0 Å². The first-order valence-corrected chi connectivity index (χ1v) is 7.19. The van der Waals surface area contributed by atoms with Crippen molar-refractivity contribution in [2.45, 2.75) is 13.5 Å². The topological polar surface area (TPSA) is 55.1 Å². The van der Waals surface area contributed by atoms with Gasteiger partial charge in [0.25, 0.3) is 5.91 Å². The molecule has 0 aliphatic heterocycles. The molecule has 0 spiro atoms. The van der Waals surface area contributed by atoms with Gasteiger partial charge in [-0.3, -0.25) is 4.79 Å². The summed E-state index contributed by atoms with van der Waals surface area (Å²) in [4.78, 5) is 12.4. The van der Waals surface area contributed by atoms with E-state index in [4.69, 9.17) is 29.6 Å². The molecular formula is C16H15ClN2OS. The molecular weight excluding hydrogens is 304 g/mol. The molecule has 0 saturated heterocycles. The lowest BCUT2D eigenvalue weighted by Gasteiger charge is -2.08. The summed E-state index contributed by atoms with van der Waals surface area (Å²) in [6.07, 6.45) is 0. The average Bonchev–Trinajstić information content (AvgIpc) is 2.45. The second kappa shape index (κ2) is 6.70. The second-order valence-electron chi connectivity index (χ2n) is 4.73. The summed E-state index contributed by atoms with van der Waals surface area (Å²) < 4.78 is 0. The fourth-order valence-electron chi connectivity index (χ4n) is 1.87. The van der Waals surface area contributed by atoms with E-state index in [1.54, 1.807) is 12.1 Å². The number of carbonyl (C=O) groups excluding carboxylic acids is 1. The highest BCUT2D eigenvalue weighted by atomic mass is 35.5. The number of rotatable bonds is 4. The van der Waals surface area contributed by atoms with Crippen molar-refractivity contribution in [3.8, 4) is 0 Å². The first-order chi connectivity index (χ1) is 9.97. The molecule has 108 valence electrons. The van der Waals surface area contributed by atoms with E-state index in [0.29, 0.717) is 22.1 Å². The van der Waals surface area contributed by atoms with Gasteiger partial charge in [-0.05, 0) is 30.2 Å². The average molecular weight is 319 g/mol. The van der Waals surface area contributed by atoms with Gasteiger partial charge in [-0.2, -0.15) is 0 Å². The molecule has 0 aliphatic carbocycles. The third-order valence-electron chi connectivity index (χ3n) is 3.06. The summed E-state index contributed by atoms with van der Waals surface area (Å²) in [7, 11) is 0. The lowest BCUT2D eigenvalue weighted by molar-refractivity contribution is 0.0951. The first kappa shape index (κ1) is 15.5. The minimum atomic E-state index is -0.196. The van der Waals surface area contributed by atoms with E-state index in [0.717, 1.165) is 16.7 Å². The number of aryl methyl sites for hydroxylation is 1. The van der Waals surface area contributed by atoms with E-state index in [-0.39, 0.29) is 5.91 Å². The van der Waals surface area contributed by atoms with Crippen LogP contribution >= 0.6 is 23.8 Å². The Balaban J connectivity index is 2.02. The van der Waals surface area contributed by atoms with Crippen LogP contribution in [0.3, 0.4) is 0 Å². The number of benzene rings is 2. The van der Waals surface area contributed by atoms with Crippen LogP contribution in [0, 0.1) is 6.92 Å². The summed E-state index contributed by atoms with van der Waals surface area (Å²) >= 11 is 11.0. The van der Waals surface area contributed by atoms with Gasteiger partial charge in [0, 0.05) is 12.1 Å². The molecule has 0 radical (unpaired) electrons. The van der Waals surface area contributed by atoms with Crippen LogP contribution in [0.1, 0.15) is 27.0 Å². The number of amides is 1. The Kier molecular flexibility index (Phi) is 4.94. The highest BCUT2D eigenvalue weighted by Gasteiger charge is 2.09. The molecule has 2 rings (SSSR count). The zero-order valence-corrected chi connectivity index (χ0v) is 13.1. The molecule has 21 heavy (non-hydrogen) atoms. The van der Waals surface area contributed by atoms with Gasteiger partial charge >= 0.3 is 0 Å². The quantitative estimate of drug-likeness (QED) is 0.851. The summed E-state index contributed by atoms with van der Waals surface area (Å²) in [5, 5.41) is 3.29. The van der Waals surface area contributed by atoms with Crippen LogP contribution in [-0.2, 0) is 6.54 Å². The molecule has 0 bridgehead atoms. The highest BCUT2D eigenvalue weighted by Crippen LogP contribution is 2.17. The third kappa shape index (κ3) is 4.03. The minimum Gasteiger partial charge on any atom is -0.389 e. The molecule has 3 N–H and O–H groups in total. The zero-order valence-electron chi connectivity index (χ0n) is 11.5. The Morgan fingerprint density at radius 2 is 1.90 bits per heavy atom. The van der Waals surface area contributed by atoms with Crippen molar-refractivity contribution >= 4 is 34.7 Å². The molecule has 5 heteroatoms. The van der Waals surface area contributed by atoms with Crippen molar-refractivity contribution in [1.29, 1.82) is 0 Å². The van der Waals surface area contributed by atoms with Crippen molar-refractivity contribution in [1.82, 2.24) is 5.32 Å². The maximum absolute atomic E-state index is 12.1. The number of hydrogen-bond donors (Lipinski definition) is 2. The Bertz CT molecular complexity index is 683. The number of nitrogens with one attached hydrogen (secondary N) is 1. The molecule has 0 heterocycles. The van der Waals surface area contributed by atoms with E-state index >= 15 is 0 Å². The lowest BCUT2D eigenvalue weighted by Crippen LogP contribution is -2.23. The molecule has 0 unspecified atom stereocenters. The fourth-order valence-corrected chi connectivity index (χ4v) is 2.33. The van der Waals surface area contributed by atoms with Gasteiger partial charge < -0.3 is 11.1 Å². The molecule has 0 fully saturated rings. The summed E-state index contributed by atoms with van der Waals surface area (Å²) in [6.45, 7) is 2.34. The Labute approximate surface area is 134 Å². The number of halogens is 1. The van der Waals surface area contributed by atoms with Crippen LogP contribution in [0.4, 0.5) is 0 Å². The zero-order chi connectivity index (χ0) is 15.4. The van der Waals surface area contributed by atoms with E-state index < -0.39 is 0 Å². The SMILES string of the molecule is Cc1ccc(C(=O)NCc2ccc(C(N)=S)cc2)c(Cl)c1. The summed E-state index contributed by atoms with van der Waals surface area (Å²) in [6, 6.07) is 12.8. The van der Waals surface area contributed by atoms with Gasteiger partial charge in [0.05, 0.1) is 10.6 Å². The molecule has 0 saturated carbocycles. The monoisotopic (exact) mass is 318 g/mol. The minimum absolute atomic E-state index is 0.196. The number of carbonyl (C=O) groups is 1. The van der Waals surface area contributed by atoms with Crippen LogP contribution in [-0.4, -0.2) is 10.9 Å². The van der Waals surface area contributed by atoms with Crippen molar-refractivity contribution < 1.29 is 4.79 Å². The lowest BCUT2D eigenvalue weighted by atomic mass is 10.1. The van der Waals surface area contributed by atoms with Gasteiger partial charge in [-0.1, -0.05) is 54.2 Å². The fraction of sp³-hybridized carbons (Fsp3) is 0.125. The number of thiocarbonyl (C=S) groups is 1. The van der Waals surface area contributed by atoms with Crippen LogP contribution < -0.4 is 11.1 Å². The van der Waals surface area contributed by atoms with Gasteiger partial charge in [0.15, 0.2) is 0 Å². The molecule has 0 aromatic heterocycles. The third-order valence-corrected chi connectivity index (χ3v) is 3.61. The molecule has 1 amide bonds. The standard InChI is InChI=1S/C16H15ClN2OS/c1-10-2-7-13(14(17)8-10)16(20)19-9-11-3-5-12(6-4-11)15(18)21/h2-8H,9H2,1H3,(H2,18,21)(H,19,20). The molecule has 0 aliphatic rings. The van der Waals surface area contributed by atoms with E-state index in [2.05, 4.69) is 5.32 Å². The van der Waals surface area contributed by atoms with Crippen molar-refractivity contribution in [3.63, 3.8) is 0 Å². The maximum atomic E-state index is 12.1. The predicted octanol–water partition coefficient (Wildman–Crippen LogP) is 3.21. The van der Waals surface area contributed by atoms with Crippen molar-refractivity contribution in [3.05, 3.63) is 69.7 Å². The number of hydrogen-bond acceptors (Lipinski definition) is 2. The Hall–Kier alpha value is -1.91. The van der Waals surface area contributed by atoms with Crippen LogP contribution in [0.25, 0.3) is 0 Å². The maximum Gasteiger partial charge on any atom is 0.253 e. The van der Waals surface area contributed by atoms with Crippen LogP contribution in [0.15, 0.2) is 42.5 Å². The largest absolute Gasteiger partial charge is 0.389 e. The first-order valence-electron chi connectivity index (χ1n) is 6.40. The molecule has 2 aromatic rings. The Morgan fingerprint density at radius 3 is 2.48 bits per heavy atom. The van der Waals surface area contributed by atoms with Crippen LogP contribution in [0.2, 0.25) is 5.02 Å². The van der Waals surface area contributed by atoms with Gasteiger partial charge in [0.1, 0.15) is 4.99 Å². The van der Waals surface area contributed by atoms with Crippen molar-refractivity contribution in [2.75, 3.05) is 0 Å². The number of nitrogens with two attached hydrogens (primary N) is 1. The predicted molar refractivity (Wildman–Crippen MR) is 89.7 cm³/mol. The molecule has 0 atom stereocenters. The van der Waals surface area contributed by atoms with E-state index in [1.807, 2.05) is 37.3 Å². The smallest absolute Gasteiger partial charge is 0.253 e. The van der Waals surface area contributed by atoms with E-state index in [9.17, 15) is 4.79 Å². The highest BCUT2D eigenvalue weighted by molar-refractivity contribution is 7.80. The molecule has 3 nitrogen and oxygen atoms in total. The second-order valence-corrected chi connectivity index (χ2v) is 5.57. The van der Waals surface area contributed by atoms with Crippen LogP contribution in [0.5, 0.6) is 0 Å². The van der Waals surface area contributed by atoms with Gasteiger partial charge in [0.2, 0.25) is 0 Å². The normalized spacial score (nSPS) is 10.2. The van der Waals surface area contributed by atoms with Gasteiger partial charge in [-0.15, -0.1) is 0 Å². The Morgan fingerprint density at radius 1 is 1.24 bits per heavy atom.